The maximum Gasteiger partial charge on any atom is 0.177 e. The number of sulfone groups is 1. The van der Waals surface area contributed by atoms with Gasteiger partial charge in [-0.2, -0.15) is 0 Å². The van der Waals surface area contributed by atoms with Gasteiger partial charge in [-0.05, 0) is 23.8 Å². The highest BCUT2D eigenvalue weighted by Crippen LogP contribution is 2.21. The largest absolute Gasteiger partial charge is 0.543 e. The lowest BCUT2D eigenvalue weighted by atomic mass is 10.1. The van der Waals surface area contributed by atoms with E-state index in [4.69, 9.17) is 0 Å². The topological polar surface area (TPSA) is 100 Å². The van der Waals surface area contributed by atoms with Gasteiger partial charge in [0.25, 0.3) is 0 Å². The summed E-state index contributed by atoms with van der Waals surface area (Å²) in [5.41, 5.74) is 0.780. The number of pyridine rings is 2. The Bertz CT molecular complexity index is 741. The zero-order chi connectivity index (χ0) is 14.0. The molecule has 0 unspecified atom stereocenters. The SMILES string of the molecule is CS(=O)(=O)c1cncc(-c2ccnc(C(=O)[O-])c2)c1. The summed E-state index contributed by atoms with van der Waals surface area (Å²) in [5, 5.41) is 10.7. The summed E-state index contributed by atoms with van der Waals surface area (Å²) >= 11 is 0. The van der Waals surface area contributed by atoms with Gasteiger partial charge in [0.1, 0.15) is 0 Å². The first-order chi connectivity index (χ1) is 8.88. The van der Waals surface area contributed by atoms with Crippen LogP contribution in [0.15, 0.2) is 41.7 Å². The number of aromatic nitrogens is 2. The lowest BCUT2D eigenvalue weighted by molar-refractivity contribution is -0.255. The first-order valence-electron chi connectivity index (χ1n) is 5.21. The van der Waals surface area contributed by atoms with Crippen LogP contribution >= 0.6 is 0 Å². The highest BCUT2D eigenvalue weighted by molar-refractivity contribution is 7.90. The number of hydrogen-bond donors (Lipinski definition) is 0. The van der Waals surface area contributed by atoms with Crippen molar-refractivity contribution < 1.29 is 18.3 Å². The second-order valence-electron chi connectivity index (χ2n) is 3.90. The molecule has 0 saturated heterocycles. The van der Waals surface area contributed by atoms with Crippen LogP contribution in [-0.2, 0) is 9.84 Å². The summed E-state index contributed by atoms with van der Waals surface area (Å²) in [5.74, 6) is -1.39. The Balaban J connectivity index is 2.54. The van der Waals surface area contributed by atoms with E-state index in [2.05, 4.69) is 9.97 Å². The highest BCUT2D eigenvalue weighted by Gasteiger charge is 2.09. The first-order valence-corrected chi connectivity index (χ1v) is 7.10. The molecule has 0 fully saturated rings. The zero-order valence-electron chi connectivity index (χ0n) is 9.90. The van der Waals surface area contributed by atoms with E-state index in [0.29, 0.717) is 11.1 Å². The number of aromatic carboxylic acids is 1. The van der Waals surface area contributed by atoms with Crippen LogP contribution < -0.4 is 5.11 Å². The van der Waals surface area contributed by atoms with E-state index in [9.17, 15) is 18.3 Å². The molecule has 0 aromatic carbocycles. The summed E-state index contributed by atoms with van der Waals surface area (Å²) in [6.07, 6.45) is 5.07. The molecule has 2 aromatic rings. The predicted molar refractivity (Wildman–Crippen MR) is 64.9 cm³/mol. The minimum atomic E-state index is -3.37. The van der Waals surface area contributed by atoms with Gasteiger partial charge in [0.05, 0.1) is 16.6 Å². The summed E-state index contributed by atoms with van der Waals surface area (Å²) in [6.45, 7) is 0. The fourth-order valence-corrected chi connectivity index (χ4v) is 2.09. The number of rotatable bonds is 3. The molecular formula is C12H9N2O4S-. The molecule has 0 aliphatic rings. The Morgan fingerprint density at radius 2 is 1.95 bits per heavy atom. The molecule has 6 nitrogen and oxygen atoms in total. The van der Waals surface area contributed by atoms with Crippen molar-refractivity contribution in [1.29, 1.82) is 0 Å². The number of carbonyl (C=O) groups is 1. The van der Waals surface area contributed by atoms with E-state index < -0.39 is 15.8 Å². The number of nitrogens with zero attached hydrogens (tertiary/aromatic N) is 2. The average Bonchev–Trinajstić information content (AvgIpc) is 2.38. The highest BCUT2D eigenvalue weighted by atomic mass is 32.2. The molecule has 2 rings (SSSR count). The molecule has 7 heteroatoms. The van der Waals surface area contributed by atoms with Crippen molar-refractivity contribution in [2.45, 2.75) is 4.90 Å². The van der Waals surface area contributed by atoms with Gasteiger partial charge >= 0.3 is 0 Å². The standard InChI is InChI=1S/C12H10N2O4S/c1-19(17,18)10-4-9(6-13-7-10)8-2-3-14-11(5-8)12(15)16/h2-7H,1H3,(H,15,16)/p-1. The molecule has 0 amide bonds. The van der Waals surface area contributed by atoms with Gasteiger partial charge in [0.15, 0.2) is 9.84 Å². The van der Waals surface area contributed by atoms with Crippen molar-refractivity contribution in [1.82, 2.24) is 9.97 Å². The fourth-order valence-electron chi connectivity index (χ4n) is 1.50. The van der Waals surface area contributed by atoms with E-state index in [0.717, 1.165) is 6.26 Å². The van der Waals surface area contributed by atoms with Crippen LogP contribution in [0, 0.1) is 0 Å². The number of hydrogen-bond acceptors (Lipinski definition) is 6. The average molecular weight is 277 g/mol. The molecule has 0 N–H and O–H groups in total. The molecule has 98 valence electrons. The van der Waals surface area contributed by atoms with Crippen molar-refractivity contribution in [3.05, 3.63) is 42.5 Å². The number of carbonyl (C=O) groups excluding carboxylic acids is 1. The third-order valence-electron chi connectivity index (χ3n) is 2.44. The molecule has 19 heavy (non-hydrogen) atoms. The van der Waals surface area contributed by atoms with Crippen LogP contribution in [0.4, 0.5) is 0 Å². The monoisotopic (exact) mass is 277 g/mol. The van der Waals surface area contributed by atoms with E-state index in [1.54, 1.807) is 6.07 Å². The fraction of sp³-hybridized carbons (Fsp3) is 0.0833. The Kier molecular flexibility index (Phi) is 3.30. The molecule has 0 aliphatic carbocycles. The lowest BCUT2D eigenvalue weighted by Crippen LogP contribution is -2.23. The molecule has 0 spiro atoms. The van der Waals surface area contributed by atoms with Crippen LogP contribution in [0.2, 0.25) is 0 Å². The van der Waals surface area contributed by atoms with Gasteiger partial charge in [-0.25, -0.2) is 8.42 Å². The van der Waals surface area contributed by atoms with Crippen LogP contribution in [0.1, 0.15) is 10.5 Å². The summed E-state index contributed by atoms with van der Waals surface area (Å²) in [6, 6.07) is 4.30. The molecule has 0 saturated carbocycles. The molecule has 0 aliphatic heterocycles. The predicted octanol–water partition coefficient (Wildman–Crippen LogP) is -0.0894. The van der Waals surface area contributed by atoms with Crippen LogP contribution in [0.5, 0.6) is 0 Å². The van der Waals surface area contributed by atoms with Crippen molar-refractivity contribution in [3.8, 4) is 11.1 Å². The maximum absolute atomic E-state index is 11.4. The zero-order valence-corrected chi connectivity index (χ0v) is 10.7. The molecule has 2 heterocycles. The normalized spacial score (nSPS) is 11.2. The molecular weight excluding hydrogens is 268 g/mol. The van der Waals surface area contributed by atoms with Crippen LogP contribution in [0.25, 0.3) is 11.1 Å². The van der Waals surface area contributed by atoms with E-state index in [-0.39, 0.29) is 10.6 Å². The Morgan fingerprint density at radius 3 is 2.58 bits per heavy atom. The van der Waals surface area contributed by atoms with Crippen molar-refractivity contribution in [3.63, 3.8) is 0 Å². The molecule has 2 aromatic heterocycles. The quantitative estimate of drug-likeness (QED) is 0.777. The maximum atomic E-state index is 11.4. The summed E-state index contributed by atoms with van der Waals surface area (Å²) in [7, 11) is -3.37. The second kappa shape index (κ2) is 4.77. The first kappa shape index (κ1) is 13.2. The summed E-state index contributed by atoms with van der Waals surface area (Å²) < 4.78 is 22.9. The van der Waals surface area contributed by atoms with Crippen molar-refractivity contribution in [2.24, 2.45) is 0 Å². The third kappa shape index (κ3) is 2.94. The van der Waals surface area contributed by atoms with E-state index in [1.165, 1.54) is 30.7 Å². The van der Waals surface area contributed by atoms with Gasteiger partial charge in [-0.3, -0.25) is 9.97 Å². The van der Waals surface area contributed by atoms with Gasteiger partial charge < -0.3 is 9.90 Å². The summed E-state index contributed by atoms with van der Waals surface area (Å²) in [4.78, 5) is 18.3. The number of carboxylic acid groups (broad SMARTS) is 1. The smallest absolute Gasteiger partial charge is 0.177 e. The van der Waals surface area contributed by atoms with Gasteiger partial charge in [-0.15, -0.1) is 0 Å². The van der Waals surface area contributed by atoms with Crippen molar-refractivity contribution >= 4 is 15.8 Å². The van der Waals surface area contributed by atoms with Crippen molar-refractivity contribution in [2.75, 3.05) is 6.26 Å². The van der Waals surface area contributed by atoms with Crippen LogP contribution in [-0.4, -0.2) is 30.6 Å². The van der Waals surface area contributed by atoms with Gasteiger partial charge in [0, 0.05) is 30.4 Å². The third-order valence-corrected chi connectivity index (χ3v) is 3.52. The second-order valence-corrected chi connectivity index (χ2v) is 5.91. The minimum Gasteiger partial charge on any atom is -0.543 e. The van der Waals surface area contributed by atoms with Gasteiger partial charge in [0.2, 0.25) is 0 Å². The van der Waals surface area contributed by atoms with Gasteiger partial charge in [-0.1, -0.05) is 0 Å². The molecule has 0 radical (unpaired) electrons. The Labute approximate surface area is 109 Å². The Hall–Kier alpha value is -2.28. The number of carboxylic acids is 1. The molecule has 0 bridgehead atoms. The van der Waals surface area contributed by atoms with E-state index >= 15 is 0 Å². The lowest BCUT2D eigenvalue weighted by Gasteiger charge is -2.06. The Morgan fingerprint density at radius 1 is 1.21 bits per heavy atom. The molecule has 0 atom stereocenters. The van der Waals surface area contributed by atoms with Crippen LogP contribution in [0.3, 0.4) is 0 Å². The minimum absolute atomic E-state index is 0.0665. The van der Waals surface area contributed by atoms with E-state index in [1.807, 2.05) is 0 Å².